The van der Waals surface area contributed by atoms with E-state index < -0.39 is 0 Å². The molecule has 0 amide bonds. The van der Waals surface area contributed by atoms with Crippen molar-refractivity contribution in [1.29, 1.82) is 0 Å². The van der Waals surface area contributed by atoms with Crippen LogP contribution < -0.4 is 0 Å². The smallest absolute Gasteiger partial charge is 0.269 e. The third-order valence-electron chi connectivity index (χ3n) is 4.57. The lowest BCUT2D eigenvalue weighted by Crippen LogP contribution is -2.04. The molecule has 0 fully saturated rings. The quantitative estimate of drug-likeness (QED) is 0.337. The van der Waals surface area contributed by atoms with Crippen LogP contribution in [-0.4, -0.2) is 17.7 Å². The van der Waals surface area contributed by atoms with Crippen LogP contribution >= 0.6 is 0 Å². The zero-order valence-electron chi connectivity index (χ0n) is 15.1. The van der Waals surface area contributed by atoms with Gasteiger partial charge >= 0.3 is 0 Å². The standard InChI is InChI=1S/C22H20N2O2/c1-14(2)20-13-17-7-5-6-8-19(17)22(21(20)15(3)23-4)16-9-11-18(12-10-16)24(25)26/h5-13H,1H2,2-4H3. The predicted octanol–water partition coefficient (Wildman–Crippen LogP) is 5.89. The van der Waals surface area contributed by atoms with Crippen molar-refractivity contribution in [2.75, 3.05) is 7.05 Å². The van der Waals surface area contributed by atoms with E-state index in [1.807, 2.05) is 26.0 Å². The fourth-order valence-electron chi connectivity index (χ4n) is 3.22. The van der Waals surface area contributed by atoms with Crippen molar-refractivity contribution in [2.24, 2.45) is 4.99 Å². The van der Waals surface area contributed by atoms with E-state index in [0.29, 0.717) is 0 Å². The summed E-state index contributed by atoms with van der Waals surface area (Å²) >= 11 is 0. The van der Waals surface area contributed by atoms with Crippen molar-refractivity contribution in [3.05, 3.63) is 82.4 Å². The Balaban J connectivity index is 2.44. The SMILES string of the molecule is C=C(C)c1cc2ccccc2c(-c2ccc([N+](=O)[O-])cc2)c1C(C)=NC. The Bertz CT molecular complexity index is 1050. The average molecular weight is 344 g/mol. The molecule has 0 saturated heterocycles. The molecular formula is C22H20N2O2. The van der Waals surface area contributed by atoms with Gasteiger partial charge in [0, 0.05) is 30.5 Å². The summed E-state index contributed by atoms with van der Waals surface area (Å²) in [6.45, 7) is 8.10. The van der Waals surface area contributed by atoms with Gasteiger partial charge in [-0.1, -0.05) is 36.4 Å². The van der Waals surface area contributed by atoms with Crippen LogP contribution in [0.3, 0.4) is 0 Å². The molecule has 26 heavy (non-hydrogen) atoms. The molecule has 0 bridgehead atoms. The summed E-state index contributed by atoms with van der Waals surface area (Å²) in [5.41, 5.74) is 5.95. The number of benzene rings is 3. The average Bonchev–Trinajstić information content (AvgIpc) is 2.65. The summed E-state index contributed by atoms with van der Waals surface area (Å²) in [6.07, 6.45) is 0. The summed E-state index contributed by atoms with van der Waals surface area (Å²) in [5.74, 6) is 0. The number of allylic oxidation sites excluding steroid dienone is 1. The van der Waals surface area contributed by atoms with Gasteiger partial charge in [0.15, 0.2) is 0 Å². The number of hydrogen-bond acceptors (Lipinski definition) is 3. The highest BCUT2D eigenvalue weighted by Gasteiger charge is 2.18. The predicted molar refractivity (Wildman–Crippen MR) is 109 cm³/mol. The molecule has 0 saturated carbocycles. The molecule has 130 valence electrons. The van der Waals surface area contributed by atoms with Gasteiger partial charge in [0.2, 0.25) is 0 Å². The molecule has 0 atom stereocenters. The van der Waals surface area contributed by atoms with Crippen LogP contribution in [-0.2, 0) is 0 Å². The van der Waals surface area contributed by atoms with Gasteiger partial charge in [-0.3, -0.25) is 15.1 Å². The number of nitrogens with zero attached hydrogens (tertiary/aromatic N) is 2. The number of fused-ring (bicyclic) bond motifs is 1. The van der Waals surface area contributed by atoms with Crippen molar-refractivity contribution < 1.29 is 4.92 Å². The normalized spacial score (nSPS) is 11.6. The fraction of sp³-hybridized carbons (Fsp3) is 0.136. The van der Waals surface area contributed by atoms with Gasteiger partial charge in [-0.25, -0.2) is 0 Å². The van der Waals surface area contributed by atoms with Gasteiger partial charge in [0.05, 0.1) is 4.92 Å². The Morgan fingerprint density at radius 1 is 1.08 bits per heavy atom. The molecule has 4 heteroatoms. The number of nitro groups is 1. The Hall–Kier alpha value is -3.27. The number of non-ortho nitro benzene ring substituents is 1. The monoisotopic (exact) mass is 344 g/mol. The maximum absolute atomic E-state index is 11.0. The van der Waals surface area contributed by atoms with E-state index >= 15 is 0 Å². The van der Waals surface area contributed by atoms with Crippen LogP contribution in [0.25, 0.3) is 27.5 Å². The Labute approximate surface area is 152 Å². The summed E-state index contributed by atoms with van der Waals surface area (Å²) in [7, 11) is 1.77. The lowest BCUT2D eigenvalue weighted by Gasteiger charge is -2.18. The van der Waals surface area contributed by atoms with Gasteiger partial charge in [-0.05, 0) is 59.5 Å². The summed E-state index contributed by atoms with van der Waals surface area (Å²) in [4.78, 5) is 15.0. The first-order valence-electron chi connectivity index (χ1n) is 8.34. The highest BCUT2D eigenvalue weighted by Crippen LogP contribution is 2.37. The molecule has 3 rings (SSSR count). The third kappa shape index (κ3) is 3.02. The van der Waals surface area contributed by atoms with E-state index in [0.717, 1.165) is 44.3 Å². The van der Waals surface area contributed by atoms with E-state index in [2.05, 4.69) is 29.8 Å². The first-order valence-corrected chi connectivity index (χ1v) is 8.34. The van der Waals surface area contributed by atoms with Gasteiger partial charge in [0.1, 0.15) is 0 Å². The minimum Gasteiger partial charge on any atom is -0.293 e. The van der Waals surface area contributed by atoms with Gasteiger partial charge in [-0.15, -0.1) is 0 Å². The number of hydrogen-bond donors (Lipinski definition) is 0. The van der Waals surface area contributed by atoms with Gasteiger partial charge < -0.3 is 0 Å². The van der Waals surface area contributed by atoms with E-state index in [9.17, 15) is 10.1 Å². The molecule has 0 radical (unpaired) electrons. The second kappa shape index (κ2) is 6.92. The topological polar surface area (TPSA) is 55.5 Å². The molecule has 0 aliphatic carbocycles. The zero-order valence-corrected chi connectivity index (χ0v) is 15.1. The molecule has 0 aliphatic heterocycles. The minimum absolute atomic E-state index is 0.0801. The van der Waals surface area contributed by atoms with Crippen molar-refractivity contribution in [1.82, 2.24) is 0 Å². The molecule has 3 aromatic rings. The first kappa shape index (κ1) is 17.5. The first-order chi connectivity index (χ1) is 12.4. The van der Waals surface area contributed by atoms with Gasteiger partial charge in [-0.2, -0.15) is 0 Å². The van der Waals surface area contributed by atoms with Crippen LogP contribution in [0.4, 0.5) is 5.69 Å². The molecule has 0 unspecified atom stereocenters. The van der Waals surface area contributed by atoms with Crippen LogP contribution in [0.1, 0.15) is 25.0 Å². The van der Waals surface area contributed by atoms with Crippen LogP contribution in [0, 0.1) is 10.1 Å². The lowest BCUT2D eigenvalue weighted by molar-refractivity contribution is -0.384. The Morgan fingerprint density at radius 3 is 2.31 bits per heavy atom. The summed E-state index contributed by atoms with van der Waals surface area (Å²) in [5, 5.41) is 13.2. The van der Waals surface area contributed by atoms with Crippen LogP contribution in [0.5, 0.6) is 0 Å². The minimum atomic E-state index is -0.383. The molecule has 4 nitrogen and oxygen atoms in total. The number of aliphatic imine (C=N–C) groups is 1. The molecular weight excluding hydrogens is 324 g/mol. The van der Waals surface area contributed by atoms with Gasteiger partial charge in [0.25, 0.3) is 5.69 Å². The maximum atomic E-state index is 11.0. The van der Waals surface area contributed by atoms with E-state index in [1.165, 1.54) is 0 Å². The second-order valence-electron chi connectivity index (χ2n) is 6.29. The molecule has 0 spiro atoms. The van der Waals surface area contributed by atoms with E-state index in [4.69, 9.17) is 0 Å². The van der Waals surface area contributed by atoms with Crippen molar-refractivity contribution in [2.45, 2.75) is 13.8 Å². The maximum Gasteiger partial charge on any atom is 0.269 e. The van der Waals surface area contributed by atoms with E-state index in [1.54, 1.807) is 31.3 Å². The number of nitro benzene ring substituents is 1. The van der Waals surface area contributed by atoms with Crippen LogP contribution in [0.15, 0.2) is 66.2 Å². The van der Waals surface area contributed by atoms with Crippen LogP contribution in [0.2, 0.25) is 0 Å². The fourth-order valence-corrected chi connectivity index (χ4v) is 3.22. The number of rotatable bonds is 4. The lowest BCUT2D eigenvalue weighted by atomic mass is 9.85. The largest absolute Gasteiger partial charge is 0.293 e. The van der Waals surface area contributed by atoms with E-state index in [-0.39, 0.29) is 10.6 Å². The highest BCUT2D eigenvalue weighted by atomic mass is 16.6. The Kier molecular flexibility index (Phi) is 4.67. The zero-order chi connectivity index (χ0) is 18.8. The molecule has 0 heterocycles. The summed E-state index contributed by atoms with van der Waals surface area (Å²) < 4.78 is 0. The summed E-state index contributed by atoms with van der Waals surface area (Å²) in [6, 6.07) is 17.0. The highest BCUT2D eigenvalue weighted by molar-refractivity contribution is 6.15. The third-order valence-corrected chi connectivity index (χ3v) is 4.57. The molecule has 0 N–H and O–H groups in total. The molecule has 3 aromatic carbocycles. The second-order valence-corrected chi connectivity index (χ2v) is 6.29. The molecule has 0 aliphatic rings. The van der Waals surface area contributed by atoms with Crippen molar-refractivity contribution >= 4 is 27.7 Å². The van der Waals surface area contributed by atoms with Crippen molar-refractivity contribution in [3.8, 4) is 11.1 Å². The molecule has 0 aromatic heterocycles. The Morgan fingerprint density at radius 2 is 1.73 bits per heavy atom. The van der Waals surface area contributed by atoms with Crippen molar-refractivity contribution in [3.63, 3.8) is 0 Å².